The van der Waals surface area contributed by atoms with Crippen molar-refractivity contribution in [1.82, 2.24) is 0 Å². The highest BCUT2D eigenvalue weighted by Gasteiger charge is 2.32. The Bertz CT molecular complexity index is 963. The SMILES string of the molecule is CC[C@H](C)Oc1ccc(C=Nc2sc3c(c2C#N)CC[C@@H](C(C)(C)C)C3)cc1OC. The molecule has 0 spiro atoms. The molecule has 30 heavy (non-hydrogen) atoms. The summed E-state index contributed by atoms with van der Waals surface area (Å²) in [7, 11) is 1.65. The summed E-state index contributed by atoms with van der Waals surface area (Å²) >= 11 is 1.67. The quantitative estimate of drug-likeness (QED) is 0.484. The van der Waals surface area contributed by atoms with Gasteiger partial charge >= 0.3 is 0 Å². The second kappa shape index (κ2) is 9.22. The molecular weight excluding hydrogens is 392 g/mol. The van der Waals surface area contributed by atoms with Crippen LogP contribution in [0.2, 0.25) is 0 Å². The van der Waals surface area contributed by atoms with Crippen LogP contribution in [0.1, 0.15) is 69.0 Å². The predicted octanol–water partition coefficient (Wildman–Crippen LogP) is 6.71. The van der Waals surface area contributed by atoms with Gasteiger partial charge in [0.15, 0.2) is 11.5 Å². The van der Waals surface area contributed by atoms with Crippen molar-refractivity contribution in [2.45, 2.75) is 66.4 Å². The molecule has 5 heteroatoms. The van der Waals surface area contributed by atoms with Gasteiger partial charge in [0.1, 0.15) is 11.1 Å². The van der Waals surface area contributed by atoms with Gasteiger partial charge in [0.25, 0.3) is 0 Å². The zero-order valence-electron chi connectivity index (χ0n) is 18.9. The van der Waals surface area contributed by atoms with Gasteiger partial charge in [-0.15, -0.1) is 11.3 Å². The van der Waals surface area contributed by atoms with Crippen LogP contribution in [0.3, 0.4) is 0 Å². The largest absolute Gasteiger partial charge is 0.493 e. The minimum atomic E-state index is 0.131. The van der Waals surface area contributed by atoms with Crippen molar-refractivity contribution in [3.8, 4) is 17.6 Å². The number of thiophene rings is 1. The van der Waals surface area contributed by atoms with Crippen molar-refractivity contribution in [1.29, 1.82) is 5.26 Å². The van der Waals surface area contributed by atoms with Gasteiger partial charge in [0, 0.05) is 11.1 Å². The molecule has 2 atom stereocenters. The average Bonchev–Trinajstić information content (AvgIpc) is 3.08. The summed E-state index contributed by atoms with van der Waals surface area (Å²) in [4.78, 5) is 6.03. The normalized spacial score (nSPS) is 17.4. The van der Waals surface area contributed by atoms with Gasteiger partial charge in [-0.25, -0.2) is 4.99 Å². The molecule has 0 saturated heterocycles. The van der Waals surface area contributed by atoms with E-state index in [9.17, 15) is 5.26 Å². The highest BCUT2D eigenvalue weighted by Crippen LogP contribution is 2.45. The lowest BCUT2D eigenvalue weighted by Gasteiger charge is -2.33. The van der Waals surface area contributed by atoms with Crippen molar-refractivity contribution in [3.63, 3.8) is 0 Å². The standard InChI is InChI=1S/C25H32N2O2S/c1-7-16(2)29-21-11-8-17(12-22(21)28-6)15-27-24-20(14-26)19-10-9-18(25(3,4)5)13-23(19)30-24/h8,11-12,15-16,18H,7,9-10,13H2,1-6H3/t16-,18+/m0/s1. The van der Waals surface area contributed by atoms with E-state index in [0.29, 0.717) is 11.7 Å². The van der Waals surface area contributed by atoms with Crippen LogP contribution in [0.15, 0.2) is 23.2 Å². The molecule has 0 bridgehead atoms. The Morgan fingerprint density at radius 3 is 2.73 bits per heavy atom. The molecular formula is C25H32N2O2S. The van der Waals surface area contributed by atoms with Crippen LogP contribution in [-0.2, 0) is 12.8 Å². The number of benzene rings is 1. The molecule has 0 saturated carbocycles. The van der Waals surface area contributed by atoms with Crippen LogP contribution in [-0.4, -0.2) is 19.4 Å². The second-order valence-corrected chi connectivity index (χ2v) is 10.2. The Labute approximate surface area is 184 Å². The number of hydrogen-bond acceptors (Lipinski definition) is 5. The van der Waals surface area contributed by atoms with Crippen LogP contribution in [0.4, 0.5) is 5.00 Å². The fourth-order valence-electron chi connectivity index (χ4n) is 3.81. The lowest BCUT2D eigenvalue weighted by atomic mass is 9.72. The number of fused-ring (bicyclic) bond motifs is 1. The highest BCUT2D eigenvalue weighted by atomic mass is 32.1. The molecule has 3 rings (SSSR count). The second-order valence-electron chi connectivity index (χ2n) is 9.11. The molecule has 1 heterocycles. The smallest absolute Gasteiger partial charge is 0.161 e. The number of ether oxygens (including phenoxy) is 2. The Balaban J connectivity index is 1.85. The molecule has 4 nitrogen and oxygen atoms in total. The third kappa shape index (κ3) is 4.87. The molecule has 160 valence electrons. The van der Waals surface area contributed by atoms with E-state index in [1.54, 1.807) is 18.4 Å². The number of methoxy groups -OCH3 is 1. The zero-order chi connectivity index (χ0) is 21.9. The number of hydrogen-bond donors (Lipinski definition) is 0. The maximum absolute atomic E-state index is 9.76. The fraction of sp³-hybridized carbons (Fsp3) is 0.520. The topological polar surface area (TPSA) is 54.6 Å². The Hall–Kier alpha value is -2.32. The van der Waals surface area contributed by atoms with Crippen LogP contribution >= 0.6 is 11.3 Å². The zero-order valence-corrected chi connectivity index (χ0v) is 19.7. The number of nitrogens with zero attached hydrogens (tertiary/aromatic N) is 2. The number of aliphatic imine (C=N–C) groups is 1. The van der Waals surface area contributed by atoms with Gasteiger partial charge in [-0.2, -0.15) is 5.26 Å². The van der Waals surface area contributed by atoms with E-state index in [2.05, 4.69) is 33.8 Å². The average molecular weight is 425 g/mol. The van der Waals surface area contributed by atoms with Crippen LogP contribution in [0, 0.1) is 22.7 Å². The van der Waals surface area contributed by atoms with Crippen molar-refractivity contribution in [3.05, 3.63) is 39.8 Å². The first-order valence-corrected chi connectivity index (χ1v) is 11.5. The highest BCUT2D eigenvalue weighted by molar-refractivity contribution is 7.16. The summed E-state index contributed by atoms with van der Waals surface area (Å²) in [5.41, 5.74) is 3.17. The van der Waals surface area contributed by atoms with Crippen LogP contribution in [0.5, 0.6) is 11.5 Å². The molecule has 1 aliphatic rings. The van der Waals surface area contributed by atoms with Gasteiger partial charge in [-0.3, -0.25) is 0 Å². The molecule has 0 radical (unpaired) electrons. The fourth-order valence-corrected chi connectivity index (χ4v) is 5.03. The third-order valence-electron chi connectivity index (χ3n) is 6.00. The molecule has 1 aromatic carbocycles. The minimum absolute atomic E-state index is 0.131. The molecule has 0 fully saturated rings. The summed E-state index contributed by atoms with van der Waals surface area (Å²) in [6.45, 7) is 11.1. The van der Waals surface area contributed by atoms with Crippen molar-refractivity contribution >= 4 is 22.6 Å². The van der Waals surface area contributed by atoms with Gasteiger partial charge in [-0.05, 0) is 73.3 Å². The maximum Gasteiger partial charge on any atom is 0.161 e. The summed E-state index contributed by atoms with van der Waals surface area (Å²) in [6.07, 6.45) is 6.04. The van der Waals surface area contributed by atoms with Crippen molar-refractivity contribution < 1.29 is 9.47 Å². The lowest BCUT2D eigenvalue weighted by Crippen LogP contribution is -2.26. The molecule has 0 unspecified atom stereocenters. The molecule has 0 aliphatic heterocycles. The van der Waals surface area contributed by atoms with Crippen LogP contribution in [0.25, 0.3) is 0 Å². The van der Waals surface area contributed by atoms with E-state index in [-0.39, 0.29) is 11.5 Å². The van der Waals surface area contributed by atoms with E-state index in [4.69, 9.17) is 14.5 Å². The lowest BCUT2D eigenvalue weighted by molar-refractivity contribution is 0.207. The van der Waals surface area contributed by atoms with Gasteiger partial charge in [-0.1, -0.05) is 27.7 Å². The van der Waals surface area contributed by atoms with Crippen molar-refractivity contribution in [2.75, 3.05) is 7.11 Å². The van der Waals surface area contributed by atoms with Crippen LogP contribution < -0.4 is 9.47 Å². The monoisotopic (exact) mass is 424 g/mol. The predicted molar refractivity (Wildman–Crippen MR) is 125 cm³/mol. The summed E-state index contributed by atoms with van der Waals surface area (Å²) in [6, 6.07) is 8.22. The van der Waals surface area contributed by atoms with E-state index in [1.165, 1.54) is 10.4 Å². The Morgan fingerprint density at radius 2 is 2.10 bits per heavy atom. The first-order valence-electron chi connectivity index (χ1n) is 10.7. The van der Waals surface area contributed by atoms with Crippen molar-refractivity contribution in [2.24, 2.45) is 16.3 Å². The first kappa shape index (κ1) is 22.4. The van der Waals surface area contributed by atoms with Gasteiger partial charge in [0.05, 0.1) is 18.8 Å². The molecule has 2 aromatic rings. The van der Waals surface area contributed by atoms with E-state index in [0.717, 1.165) is 47.6 Å². The Morgan fingerprint density at radius 1 is 1.33 bits per heavy atom. The molecule has 1 aliphatic carbocycles. The maximum atomic E-state index is 9.76. The number of nitriles is 1. The molecule has 0 N–H and O–H groups in total. The summed E-state index contributed by atoms with van der Waals surface area (Å²) in [5, 5.41) is 10.6. The molecule has 0 amide bonds. The summed E-state index contributed by atoms with van der Waals surface area (Å²) < 4.78 is 11.4. The number of rotatable bonds is 6. The summed E-state index contributed by atoms with van der Waals surface area (Å²) in [5.74, 6) is 2.08. The van der Waals surface area contributed by atoms with Gasteiger partial charge in [0.2, 0.25) is 0 Å². The van der Waals surface area contributed by atoms with E-state index >= 15 is 0 Å². The van der Waals surface area contributed by atoms with Gasteiger partial charge < -0.3 is 9.47 Å². The third-order valence-corrected chi connectivity index (χ3v) is 7.17. The first-order chi connectivity index (χ1) is 14.3. The molecule has 1 aromatic heterocycles. The minimum Gasteiger partial charge on any atom is -0.493 e. The van der Waals surface area contributed by atoms with E-state index < -0.39 is 0 Å². The Kier molecular flexibility index (Phi) is 6.88. The van der Waals surface area contributed by atoms with E-state index in [1.807, 2.05) is 31.3 Å².